The molecule has 0 unspecified atom stereocenters. The van der Waals surface area contributed by atoms with Crippen LogP contribution >= 0.6 is 0 Å². The second-order valence-electron chi connectivity index (χ2n) is 6.77. The molecule has 1 aliphatic rings. The zero-order chi connectivity index (χ0) is 19.1. The minimum Gasteiger partial charge on any atom is -0.326 e. The third-order valence-electron chi connectivity index (χ3n) is 4.75. The monoisotopic (exact) mass is 374 g/mol. The van der Waals surface area contributed by atoms with Gasteiger partial charge in [-0.25, -0.2) is 14.5 Å². The number of amides is 1. The number of nitrogens with one attached hydrogen (secondary N) is 1. The standard InChI is InChI=1S/C19H18N8O/c20-9-12-2-5-16(22-10-12)27-17(8-15(25-27)13-3-4-13)24-19(28)14-11-23-26-7-1-6-21-18(14)26/h1-2,5-8,10-11,13H,3-4,9,20H2,(H,24,28). The molecule has 1 saturated carbocycles. The Morgan fingerprint density at radius 2 is 2.14 bits per heavy atom. The maximum Gasteiger partial charge on any atom is 0.262 e. The van der Waals surface area contributed by atoms with Gasteiger partial charge in [-0.2, -0.15) is 14.9 Å². The third kappa shape index (κ3) is 2.91. The van der Waals surface area contributed by atoms with E-state index in [2.05, 4.69) is 25.5 Å². The van der Waals surface area contributed by atoms with Crippen molar-refractivity contribution in [2.45, 2.75) is 25.3 Å². The minimum atomic E-state index is -0.296. The smallest absolute Gasteiger partial charge is 0.262 e. The molecule has 0 aliphatic heterocycles. The van der Waals surface area contributed by atoms with Gasteiger partial charge < -0.3 is 11.1 Å². The summed E-state index contributed by atoms with van der Waals surface area (Å²) in [5.41, 5.74) is 8.44. The molecule has 140 valence electrons. The summed E-state index contributed by atoms with van der Waals surface area (Å²) in [7, 11) is 0. The number of fused-ring (bicyclic) bond motifs is 1. The first-order valence-electron chi connectivity index (χ1n) is 9.08. The molecule has 0 radical (unpaired) electrons. The number of carbonyl (C=O) groups is 1. The summed E-state index contributed by atoms with van der Waals surface area (Å²) in [5, 5.41) is 11.8. The first-order chi connectivity index (χ1) is 13.7. The fourth-order valence-electron chi connectivity index (χ4n) is 3.08. The number of nitrogens with two attached hydrogens (primary N) is 1. The van der Waals surface area contributed by atoms with Crippen LogP contribution in [-0.2, 0) is 6.54 Å². The summed E-state index contributed by atoms with van der Waals surface area (Å²) in [6.45, 7) is 0.422. The lowest BCUT2D eigenvalue weighted by molar-refractivity contribution is 0.102. The van der Waals surface area contributed by atoms with E-state index < -0.39 is 0 Å². The lowest BCUT2D eigenvalue weighted by Gasteiger charge is -2.08. The predicted molar refractivity (Wildman–Crippen MR) is 102 cm³/mol. The Morgan fingerprint density at radius 1 is 1.25 bits per heavy atom. The molecule has 0 bridgehead atoms. The maximum absolute atomic E-state index is 12.9. The third-order valence-corrected chi connectivity index (χ3v) is 4.75. The highest BCUT2D eigenvalue weighted by Crippen LogP contribution is 2.40. The van der Waals surface area contributed by atoms with Crippen molar-refractivity contribution in [1.82, 2.24) is 29.4 Å². The normalized spacial score (nSPS) is 13.8. The van der Waals surface area contributed by atoms with Gasteiger partial charge >= 0.3 is 0 Å². The van der Waals surface area contributed by atoms with E-state index in [1.165, 1.54) is 6.20 Å². The molecule has 0 saturated heterocycles. The second-order valence-corrected chi connectivity index (χ2v) is 6.77. The Balaban J connectivity index is 1.50. The van der Waals surface area contributed by atoms with Crippen LogP contribution in [0.4, 0.5) is 5.82 Å². The Morgan fingerprint density at radius 3 is 2.89 bits per heavy atom. The van der Waals surface area contributed by atoms with Crippen molar-refractivity contribution < 1.29 is 4.79 Å². The van der Waals surface area contributed by atoms with Gasteiger partial charge in [0.05, 0.1) is 11.9 Å². The Bertz CT molecular complexity index is 1160. The van der Waals surface area contributed by atoms with E-state index in [-0.39, 0.29) is 5.91 Å². The molecule has 9 heteroatoms. The van der Waals surface area contributed by atoms with Gasteiger partial charge in [0.25, 0.3) is 5.91 Å². The number of pyridine rings is 1. The summed E-state index contributed by atoms with van der Waals surface area (Å²) in [4.78, 5) is 21.6. The van der Waals surface area contributed by atoms with Crippen molar-refractivity contribution in [1.29, 1.82) is 0 Å². The molecule has 0 atom stereocenters. The molecule has 1 fully saturated rings. The molecule has 0 spiro atoms. The van der Waals surface area contributed by atoms with E-state index in [4.69, 9.17) is 5.73 Å². The van der Waals surface area contributed by atoms with Crippen LogP contribution in [0, 0.1) is 0 Å². The molecule has 4 heterocycles. The molecular weight excluding hydrogens is 356 g/mol. The van der Waals surface area contributed by atoms with Gasteiger partial charge in [0, 0.05) is 37.1 Å². The lowest BCUT2D eigenvalue weighted by Crippen LogP contribution is -2.15. The number of aromatic nitrogens is 6. The summed E-state index contributed by atoms with van der Waals surface area (Å²) in [5.74, 6) is 1.34. The molecule has 1 amide bonds. The van der Waals surface area contributed by atoms with Crippen LogP contribution in [0.15, 0.2) is 49.1 Å². The Kier molecular flexibility index (Phi) is 3.87. The molecule has 0 aromatic carbocycles. The van der Waals surface area contributed by atoms with Crippen LogP contribution < -0.4 is 11.1 Å². The van der Waals surface area contributed by atoms with Crippen molar-refractivity contribution in [3.8, 4) is 5.82 Å². The fraction of sp³-hybridized carbons (Fsp3) is 0.211. The van der Waals surface area contributed by atoms with Crippen molar-refractivity contribution in [3.63, 3.8) is 0 Å². The average molecular weight is 374 g/mol. The Labute approximate surface area is 160 Å². The van der Waals surface area contributed by atoms with Gasteiger partial charge in [-0.05, 0) is 30.5 Å². The van der Waals surface area contributed by atoms with E-state index in [1.54, 1.807) is 33.9 Å². The zero-order valence-electron chi connectivity index (χ0n) is 15.0. The number of carbonyl (C=O) groups excluding carboxylic acids is 1. The summed E-state index contributed by atoms with van der Waals surface area (Å²) < 4.78 is 3.22. The van der Waals surface area contributed by atoms with Gasteiger partial charge in [0.2, 0.25) is 0 Å². The van der Waals surface area contributed by atoms with Crippen LogP contribution in [-0.4, -0.2) is 35.3 Å². The van der Waals surface area contributed by atoms with Crippen molar-refractivity contribution in [2.24, 2.45) is 5.73 Å². The summed E-state index contributed by atoms with van der Waals surface area (Å²) in [6.07, 6.45) is 8.83. The van der Waals surface area contributed by atoms with E-state index in [1.807, 2.05) is 18.2 Å². The number of nitrogens with zero attached hydrogens (tertiary/aromatic N) is 6. The van der Waals surface area contributed by atoms with Crippen LogP contribution in [0.25, 0.3) is 11.5 Å². The van der Waals surface area contributed by atoms with Gasteiger partial charge in [-0.15, -0.1) is 0 Å². The number of hydrogen-bond donors (Lipinski definition) is 2. The van der Waals surface area contributed by atoms with Crippen LogP contribution in [0.2, 0.25) is 0 Å². The quantitative estimate of drug-likeness (QED) is 0.551. The van der Waals surface area contributed by atoms with Crippen LogP contribution in [0.1, 0.15) is 40.4 Å². The molecule has 4 aromatic heterocycles. The van der Waals surface area contributed by atoms with Crippen LogP contribution in [0.3, 0.4) is 0 Å². The van der Waals surface area contributed by atoms with E-state index >= 15 is 0 Å². The van der Waals surface area contributed by atoms with Gasteiger partial charge in [0.1, 0.15) is 11.4 Å². The van der Waals surface area contributed by atoms with Gasteiger partial charge in [-0.1, -0.05) is 6.07 Å². The number of anilines is 1. The fourth-order valence-corrected chi connectivity index (χ4v) is 3.08. The van der Waals surface area contributed by atoms with Crippen molar-refractivity contribution in [2.75, 3.05) is 5.32 Å². The lowest BCUT2D eigenvalue weighted by atomic mass is 10.3. The summed E-state index contributed by atoms with van der Waals surface area (Å²) in [6, 6.07) is 7.42. The summed E-state index contributed by atoms with van der Waals surface area (Å²) >= 11 is 0. The first-order valence-corrected chi connectivity index (χ1v) is 9.08. The average Bonchev–Trinajstić information content (AvgIpc) is 3.36. The highest BCUT2D eigenvalue weighted by atomic mass is 16.1. The SMILES string of the molecule is NCc1ccc(-n2nc(C3CC3)cc2NC(=O)c2cnn3cccnc23)nc1. The molecule has 1 aliphatic carbocycles. The van der Waals surface area contributed by atoms with Crippen molar-refractivity contribution in [3.05, 3.63) is 65.9 Å². The van der Waals surface area contributed by atoms with E-state index in [9.17, 15) is 4.79 Å². The van der Waals surface area contributed by atoms with Crippen molar-refractivity contribution >= 4 is 17.4 Å². The molecular formula is C19H18N8O. The molecule has 3 N–H and O–H groups in total. The Hall–Kier alpha value is -3.59. The molecule has 5 rings (SSSR count). The van der Waals surface area contributed by atoms with Gasteiger partial charge in [0.15, 0.2) is 11.5 Å². The topological polar surface area (TPSA) is 116 Å². The molecule has 28 heavy (non-hydrogen) atoms. The highest BCUT2D eigenvalue weighted by Gasteiger charge is 2.28. The maximum atomic E-state index is 12.9. The van der Waals surface area contributed by atoms with E-state index in [0.29, 0.717) is 35.3 Å². The second kappa shape index (κ2) is 6.54. The zero-order valence-corrected chi connectivity index (χ0v) is 15.0. The molecule has 4 aromatic rings. The number of hydrogen-bond acceptors (Lipinski definition) is 6. The largest absolute Gasteiger partial charge is 0.326 e. The number of rotatable bonds is 5. The molecule has 9 nitrogen and oxygen atoms in total. The minimum absolute atomic E-state index is 0.296. The highest BCUT2D eigenvalue weighted by molar-refractivity contribution is 6.07. The van der Waals surface area contributed by atoms with E-state index in [0.717, 1.165) is 24.1 Å². The van der Waals surface area contributed by atoms with Crippen LogP contribution in [0.5, 0.6) is 0 Å². The van der Waals surface area contributed by atoms with Gasteiger partial charge in [-0.3, -0.25) is 4.79 Å². The predicted octanol–water partition coefficient (Wildman–Crippen LogP) is 1.90. The first kappa shape index (κ1) is 16.6.